The van der Waals surface area contributed by atoms with Crippen LogP contribution in [-0.4, -0.2) is 26.2 Å². The average Bonchev–Trinajstić information content (AvgIpc) is 2.36. The van der Waals surface area contributed by atoms with E-state index >= 15 is 0 Å². The van der Waals surface area contributed by atoms with E-state index < -0.39 is 0 Å². The Morgan fingerprint density at radius 1 is 1.56 bits per heavy atom. The van der Waals surface area contributed by atoms with E-state index in [2.05, 4.69) is 21.2 Å². The van der Waals surface area contributed by atoms with Crippen LogP contribution in [0.1, 0.15) is 12.0 Å². The zero-order valence-electron chi connectivity index (χ0n) is 10.1. The van der Waals surface area contributed by atoms with Crippen LogP contribution < -0.4 is 5.32 Å². The molecule has 0 unspecified atom stereocenters. The van der Waals surface area contributed by atoms with Gasteiger partial charge >= 0.3 is 0 Å². The van der Waals surface area contributed by atoms with Crippen molar-refractivity contribution in [2.24, 2.45) is 0 Å². The first-order chi connectivity index (χ1) is 8.63. The molecule has 1 N–H and O–H groups in total. The van der Waals surface area contributed by atoms with Crippen molar-refractivity contribution in [1.82, 2.24) is 5.32 Å². The number of halogens is 2. The molecule has 0 bridgehead atoms. The van der Waals surface area contributed by atoms with Crippen molar-refractivity contribution in [3.8, 4) is 0 Å². The second-order valence-corrected chi connectivity index (χ2v) is 4.55. The monoisotopic (exact) mass is 315 g/mol. The first kappa shape index (κ1) is 14.9. The number of methoxy groups -OCH3 is 1. The van der Waals surface area contributed by atoms with Gasteiger partial charge in [0.05, 0.1) is 0 Å². The molecule has 98 valence electrons. The normalized spacial score (nSPS) is 10.8. The second kappa shape index (κ2) is 8.00. The van der Waals surface area contributed by atoms with Gasteiger partial charge in [-0.05, 0) is 30.7 Å². The Bertz CT molecular complexity index is 435. The van der Waals surface area contributed by atoms with Crippen molar-refractivity contribution >= 4 is 27.9 Å². The minimum Gasteiger partial charge on any atom is -0.385 e. The molecule has 1 aromatic rings. The smallest absolute Gasteiger partial charge is 0.244 e. The quantitative estimate of drug-likeness (QED) is 0.647. The number of amides is 1. The fraction of sp³-hybridized carbons (Fsp3) is 0.308. The molecule has 0 aromatic heterocycles. The van der Waals surface area contributed by atoms with Crippen LogP contribution in [-0.2, 0) is 9.53 Å². The lowest BCUT2D eigenvalue weighted by molar-refractivity contribution is -0.116. The van der Waals surface area contributed by atoms with Crippen LogP contribution in [0.2, 0.25) is 0 Å². The van der Waals surface area contributed by atoms with Crippen LogP contribution >= 0.6 is 15.9 Å². The van der Waals surface area contributed by atoms with E-state index in [9.17, 15) is 9.18 Å². The summed E-state index contributed by atoms with van der Waals surface area (Å²) >= 11 is 3.25. The molecule has 18 heavy (non-hydrogen) atoms. The lowest BCUT2D eigenvalue weighted by atomic mass is 10.2. The maximum atomic E-state index is 13.4. The maximum absolute atomic E-state index is 13.4. The van der Waals surface area contributed by atoms with Gasteiger partial charge in [0.25, 0.3) is 0 Å². The predicted molar refractivity (Wildman–Crippen MR) is 72.6 cm³/mol. The Morgan fingerprint density at radius 2 is 2.33 bits per heavy atom. The highest BCUT2D eigenvalue weighted by atomic mass is 79.9. The second-order valence-electron chi connectivity index (χ2n) is 3.64. The van der Waals surface area contributed by atoms with E-state index in [1.807, 2.05) is 0 Å². The zero-order chi connectivity index (χ0) is 13.4. The van der Waals surface area contributed by atoms with Gasteiger partial charge in [0.2, 0.25) is 5.91 Å². The summed E-state index contributed by atoms with van der Waals surface area (Å²) in [4.78, 5) is 11.4. The Labute approximate surface area is 114 Å². The van der Waals surface area contributed by atoms with Crippen molar-refractivity contribution in [2.45, 2.75) is 6.42 Å². The lowest BCUT2D eigenvalue weighted by Gasteiger charge is -2.01. The summed E-state index contributed by atoms with van der Waals surface area (Å²) < 4.78 is 19.0. The minimum absolute atomic E-state index is 0.245. The van der Waals surface area contributed by atoms with E-state index in [1.165, 1.54) is 18.2 Å². The van der Waals surface area contributed by atoms with Crippen LogP contribution in [0.4, 0.5) is 4.39 Å². The molecule has 0 radical (unpaired) electrons. The highest BCUT2D eigenvalue weighted by Crippen LogP contribution is 2.16. The van der Waals surface area contributed by atoms with Crippen LogP contribution in [0.25, 0.3) is 6.08 Å². The lowest BCUT2D eigenvalue weighted by Crippen LogP contribution is -2.22. The molecule has 0 fully saturated rings. The highest BCUT2D eigenvalue weighted by Gasteiger charge is 2.00. The van der Waals surface area contributed by atoms with E-state index in [1.54, 1.807) is 19.2 Å². The van der Waals surface area contributed by atoms with Gasteiger partial charge in [-0.25, -0.2) is 4.39 Å². The SMILES string of the molecule is COCCCNC(=O)/C=C/c1cc(Br)ccc1F. The van der Waals surface area contributed by atoms with Gasteiger partial charge < -0.3 is 10.1 Å². The maximum Gasteiger partial charge on any atom is 0.244 e. The molecule has 1 aromatic carbocycles. The number of rotatable bonds is 6. The molecule has 0 aliphatic heterocycles. The third kappa shape index (κ3) is 5.42. The standard InChI is InChI=1S/C13H15BrFNO2/c1-18-8-2-7-16-13(17)6-3-10-9-11(14)4-5-12(10)15/h3-6,9H,2,7-8H2,1H3,(H,16,17)/b6-3+. The molecule has 0 saturated heterocycles. The van der Waals surface area contributed by atoms with Gasteiger partial charge in [0.15, 0.2) is 0 Å². The molecule has 1 rings (SSSR count). The van der Waals surface area contributed by atoms with E-state index in [-0.39, 0.29) is 11.7 Å². The zero-order valence-corrected chi connectivity index (χ0v) is 11.7. The van der Waals surface area contributed by atoms with Crippen molar-refractivity contribution < 1.29 is 13.9 Å². The third-order valence-corrected chi connectivity index (χ3v) is 2.69. The van der Waals surface area contributed by atoms with Crippen LogP contribution in [0, 0.1) is 5.82 Å². The summed E-state index contributed by atoms with van der Waals surface area (Å²) in [7, 11) is 1.61. The first-order valence-electron chi connectivity index (χ1n) is 5.53. The van der Waals surface area contributed by atoms with Crippen molar-refractivity contribution in [2.75, 3.05) is 20.3 Å². The summed E-state index contributed by atoms with van der Waals surface area (Å²) in [5, 5.41) is 2.68. The van der Waals surface area contributed by atoms with Crippen LogP contribution in [0.3, 0.4) is 0 Å². The summed E-state index contributed by atoms with van der Waals surface area (Å²) in [5.41, 5.74) is 0.372. The molecule has 0 spiro atoms. The van der Waals surface area contributed by atoms with Crippen LogP contribution in [0.5, 0.6) is 0 Å². The molecular formula is C13H15BrFNO2. The predicted octanol–water partition coefficient (Wildman–Crippen LogP) is 2.75. The molecule has 3 nitrogen and oxygen atoms in total. The Balaban J connectivity index is 2.48. The number of hydrogen-bond donors (Lipinski definition) is 1. The van der Waals surface area contributed by atoms with Crippen molar-refractivity contribution in [3.63, 3.8) is 0 Å². The fourth-order valence-electron chi connectivity index (χ4n) is 1.29. The van der Waals surface area contributed by atoms with Gasteiger partial charge in [-0.15, -0.1) is 0 Å². The molecule has 1 amide bonds. The fourth-order valence-corrected chi connectivity index (χ4v) is 1.67. The minimum atomic E-state index is -0.360. The van der Waals surface area contributed by atoms with Gasteiger partial charge in [-0.2, -0.15) is 0 Å². The number of carbonyl (C=O) groups excluding carboxylic acids is 1. The summed E-state index contributed by atoms with van der Waals surface area (Å²) in [5.74, 6) is -0.605. The average molecular weight is 316 g/mol. The summed E-state index contributed by atoms with van der Waals surface area (Å²) in [6, 6.07) is 4.57. The third-order valence-electron chi connectivity index (χ3n) is 2.20. The van der Waals surface area contributed by atoms with Gasteiger partial charge in [0, 0.05) is 36.4 Å². The number of carbonyl (C=O) groups is 1. The molecular weight excluding hydrogens is 301 g/mol. The first-order valence-corrected chi connectivity index (χ1v) is 6.32. The molecule has 0 aliphatic rings. The molecule has 0 atom stereocenters. The van der Waals surface area contributed by atoms with E-state index in [0.717, 1.165) is 10.9 Å². The Morgan fingerprint density at radius 3 is 3.06 bits per heavy atom. The number of hydrogen-bond acceptors (Lipinski definition) is 2. The van der Waals surface area contributed by atoms with Gasteiger partial charge in [0.1, 0.15) is 5.82 Å². The summed E-state index contributed by atoms with van der Waals surface area (Å²) in [6.07, 6.45) is 3.52. The number of nitrogens with one attached hydrogen (secondary N) is 1. The van der Waals surface area contributed by atoms with Gasteiger partial charge in [-0.3, -0.25) is 4.79 Å². The van der Waals surface area contributed by atoms with E-state index in [0.29, 0.717) is 18.7 Å². The number of ether oxygens (including phenoxy) is 1. The Kier molecular flexibility index (Phi) is 6.60. The summed E-state index contributed by atoms with van der Waals surface area (Å²) in [6.45, 7) is 1.14. The molecule has 0 saturated carbocycles. The van der Waals surface area contributed by atoms with Gasteiger partial charge in [-0.1, -0.05) is 15.9 Å². The topological polar surface area (TPSA) is 38.3 Å². The largest absolute Gasteiger partial charge is 0.385 e. The molecule has 0 aliphatic carbocycles. The van der Waals surface area contributed by atoms with Crippen molar-refractivity contribution in [3.05, 3.63) is 40.1 Å². The Hall–Kier alpha value is -1.20. The molecule has 0 heterocycles. The molecule has 5 heteroatoms. The van der Waals surface area contributed by atoms with Crippen LogP contribution in [0.15, 0.2) is 28.7 Å². The highest BCUT2D eigenvalue weighted by molar-refractivity contribution is 9.10. The van der Waals surface area contributed by atoms with E-state index in [4.69, 9.17) is 4.74 Å². The number of benzene rings is 1. The van der Waals surface area contributed by atoms with Crippen molar-refractivity contribution in [1.29, 1.82) is 0 Å².